The summed E-state index contributed by atoms with van der Waals surface area (Å²) in [6, 6.07) is 2.39. The summed E-state index contributed by atoms with van der Waals surface area (Å²) in [6.07, 6.45) is 2.48. The van der Waals surface area contributed by atoms with Gasteiger partial charge in [0.25, 0.3) is 10.0 Å². The van der Waals surface area contributed by atoms with Crippen molar-refractivity contribution in [3.63, 3.8) is 0 Å². The first-order valence-electron chi connectivity index (χ1n) is 5.99. The van der Waals surface area contributed by atoms with Crippen LogP contribution in [0.4, 0.5) is 4.39 Å². The van der Waals surface area contributed by atoms with Gasteiger partial charge in [-0.15, -0.1) is 0 Å². The summed E-state index contributed by atoms with van der Waals surface area (Å²) in [5.74, 6) is -0.872. The number of nitrogens with one attached hydrogen (secondary N) is 1. The van der Waals surface area contributed by atoms with Gasteiger partial charge in [0.15, 0.2) is 5.82 Å². The van der Waals surface area contributed by atoms with Crippen molar-refractivity contribution in [2.75, 3.05) is 13.2 Å². The van der Waals surface area contributed by atoms with Gasteiger partial charge in [-0.2, -0.15) is 0 Å². The van der Waals surface area contributed by atoms with Crippen LogP contribution in [0.25, 0.3) is 0 Å². The van der Waals surface area contributed by atoms with Gasteiger partial charge in [0.2, 0.25) is 5.03 Å². The molecule has 0 saturated carbocycles. The van der Waals surface area contributed by atoms with E-state index < -0.39 is 20.9 Å². The number of pyridine rings is 1. The van der Waals surface area contributed by atoms with Crippen LogP contribution >= 0.6 is 0 Å². The van der Waals surface area contributed by atoms with Crippen LogP contribution in [0.15, 0.2) is 23.4 Å². The normalized spacial score (nSPS) is 12.6. The monoisotopic (exact) mass is 290 g/mol. The van der Waals surface area contributed by atoms with Gasteiger partial charge >= 0.3 is 0 Å². The van der Waals surface area contributed by atoms with Crippen LogP contribution in [0.5, 0.6) is 0 Å². The van der Waals surface area contributed by atoms with E-state index in [9.17, 15) is 12.8 Å². The quantitative estimate of drug-likeness (QED) is 0.793. The predicted octanol–water partition coefficient (Wildman–Crippen LogP) is 1.30. The van der Waals surface area contributed by atoms with Crippen LogP contribution in [0, 0.1) is 11.2 Å². The van der Waals surface area contributed by atoms with E-state index in [0.717, 1.165) is 6.07 Å². The molecular formula is C12H19FN2O3S. The molecule has 19 heavy (non-hydrogen) atoms. The van der Waals surface area contributed by atoms with Crippen LogP contribution in [0.3, 0.4) is 0 Å². The minimum Gasteiger partial charge on any atom is -0.396 e. The smallest absolute Gasteiger partial charge is 0.261 e. The Balaban J connectivity index is 2.74. The lowest BCUT2D eigenvalue weighted by Crippen LogP contribution is -2.35. The Kier molecular flexibility index (Phi) is 5.39. The molecule has 0 unspecified atom stereocenters. The van der Waals surface area contributed by atoms with Crippen LogP contribution in [0.2, 0.25) is 0 Å². The summed E-state index contributed by atoms with van der Waals surface area (Å²) in [5.41, 5.74) is -0.318. The van der Waals surface area contributed by atoms with Crippen LogP contribution in [0.1, 0.15) is 26.7 Å². The molecule has 7 heteroatoms. The van der Waals surface area contributed by atoms with Gasteiger partial charge in [-0.05, 0) is 30.4 Å². The zero-order valence-electron chi connectivity index (χ0n) is 11.1. The van der Waals surface area contributed by atoms with E-state index in [1.54, 1.807) is 0 Å². The molecule has 0 spiro atoms. The molecule has 0 fully saturated rings. The molecule has 2 N–H and O–H groups in total. The molecule has 0 aromatic carbocycles. The fourth-order valence-electron chi connectivity index (χ4n) is 1.57. The molecule has 0 radical (unpaired) electrons. The summed E-state index contributed by atoms with van der Waals surface area (Å²) < 4.78 is 39.6. The van der Waals surface area contributed by atoms with E-state index in [1.165, 1.54) is 12.3 Å². The Morgan fingerprint density at radius 1 is 1.47 bits per heavy atom. The number of sulfonamides is 1. The zero-order chi connectivity index (χ0) is 14.5. The second-order valence-corrected chi connectivity index (χ2v) is 6.79. The summed E-state index contributed by atoms with van der Waals surface area (Å²) in [5, 5.41) is 8.18. The number of aliphatic hydroxyl groups is 1. The minimum atomic E-state index is -3.95. The first kappa shape index (κ1) is 16.0. The van der Waals surface area contributed by atoms with Gasteiger partial charge in [-0.25, -0.2) is 22.5 Å². The Morgan fingerprint density at radius 2 is 2.16 bits per heavy atom. The predicted molar refractivity (Wildman–Crippen MR) is 69.5 cm³/mol. The van der Waals surface area contributed by atoms with Crippen molar-refractivity contribution in [1.29, 1.82) is 0 Å². The van der Waals surface area contributed by atoms with E-state index in [-0.39, 0.29) is 18.6 Å². The second kappa shape index (κ2) is 6.40. The molecule has 5 nitrogen and oxygen atoms in total. The van der Waals surface area contributed by atoms with Crippen LogP contribution in [-0.2, 0) is 10.0 Å². The first-order chi connectivity index (χ1) is 8.78. The van der Waals surface area contributed by atoms with Crippen LogP contribution in [-0.4, -0.2) is 31.7 Å². The maximum atomic E-state index is 13.4. The molecule has 0 amide bonds. The maximum Gasteiger partial charge on any atom is 0.261 e. The molecule has 108 valence electrons. The fourth-order valence-corrected chi connectivity index (χ4v) is 2.82. The molecule has 0 aliphatic rings. The summed E-state index contributed by atoms with van der Waals surface area (Å²) in [7, 11) is -3.95. The average molecular weight is 290 g/mol. The highest BCUT2D eigenvalue weighted by Gasteiger charge is 2.24. The van der Waals surface area contributed by atoms with Gasteiger partial charge in [-0.3, -0.25) is 0 Å². The van der Waals surface area contributed by atoms with E-state index in [2.05, 4.69) is 9.71 Å². The third-order valence-corrected chi connectivity index (χ3v) is 4.07. The van der Waals surface area contributed by atoms with Gasteiger partial charge < -0.3 is 5.11 Å². The Labute approximate surface area is 112 Å². The molecule has 1 heterocycles. The number of rotatable bonds is 7. The van der Waals surface area contributed by atoms with Crippen molar-refractivity contribution in [3.05, 3.63) is 24.1 Å². The Hall–Kier alpha value is -1.05. The maximum absolute atomic E-state index is 13.4. The lowest BCUT2D eigenvalue weighted by Gasteiger charge is -2.24. The average Bonchev–Trinajstić information content (AvgIpc) is 2.35. The van der Waals surface area contributed by atoms with Crippen molar-refractivity contribution < 1.29 is 17.9 Å². The largest absolute Gasteiger partial charge is 0.396 e. The second-order valence-electron chi connectivity index (χ2n) is 5.11. The molecule has 0 aliphatic carbocycles. The third-order valence-electron chi connectivity index (χ3n) is 2.73. The van der Waals surface area contributed by atoms with Gasteiger partial charge in [-0.1, -0.05) is 13.8 Å². The zero-order valence-corrected chi connectivity index (χ0v) is 11.9. The highest BCUT2D eigenvalue weighted by Crippen LogP contribution is 2.22. The molecular weight excluding hydrogens is 271 g/mol. The number of aromatic nitrogens is 1. The third kappa shape index (κ3) is 4.85. The standard InChI is InChI=1S/C12H19FN2O3S/c1-12(2,6-4-8-16)9-15-19(17,18)11-10(13)5-3-7-14-11/h3,5,7,15-16H,4,6,8-9H2,1-2H3. The topological polar surface area (TPSA) is 79.3 Å². The summed E-state index contributed by atoms with van der Waals surface area (Å²) in [4.78, 5) is 3.55. The minimum absolute atomic E-state index is 0.0606. The van der Waals surface area contributed by atoms with E-state index in [4.69, 9.17) is 5.11 Å². The van der Waals surface area contributed by atoms with Crippen molar-refractivity contribution in [2.45, 2.75) is 31.7 Å². The molecule has 0 atom stereocenters. The lowest BCUT2D eigenvalue weighted by molar-refractivity contribution is 0.242. The molecule has 0 saturated heterocycles. The molecule has 0 bridgehead atoms. The number of aliphatic hydroxyl groups excluding tert-OH is 1. The Bertz CT molecular complexity index is 517. The van der Waals surface area contributed by atoms with Crippen molar-refractivity contribution in [3.8, 4) is 0 Å². The number of hydrogen-bond donors (Lipinski definition) is 2. The molecule has 1 rings (SSSR count). The lowest BCUT2D eigenvalue weighted by atomic mass is 9.88. The van der Waals surface area contributed by atoms with Crippen molar-refractivity contribution in [2.24, 2.45) is 5.41 Å². The molecule has 1 aromatic heterocycles. The highest BCUT2D eigenvalue weighted by molar-refractivity contribution is 7.89. The van der Waals surface area contributed by atoms with Gasteiger partial charge in [0.05, 0.1) is 0 Å². The SMILES string of the molecule is CC(C)(CCCO)CNS(=O)(=O)c1ncccc1F. The molecule has 0 aliphatic heterocycles. The van der Waals surface area contributed by atoms with E-state index in [1.807, 2.05) is 13.8 Å². The molecule has 1 aromatic rings. The highest BCUT2D eigenvalue weighted by atomic mass is 32.2. The number of hydrogen-bond acceptors (Lipinski definition) is 4. The first-order valence-corrected chi connectivity index (χ1v) is 7.48. The van der Waals surface area contributed by atoms with Crippen molar-refractivity contribution in [1.82, 2.24) is 9.71 Å². The van der Waals surface area contributed by atoms with E-state index in [0.29, 0.717) is 12.8 Å². The summed E-state index contributed by atoms with van der Waals surface area (Å²) >= 11 is 0. The fraction of sp³-hybridized carbons (Fsp3) is 0.583. The summed E-state index contributed by atoms with van der Waals surface area (Å²) in [6.45, 7) is 3.97. The van der Waals surface area contributed by atoms with Crippen molar-refractivity contribution >= 4 is 10.0 Å². The Morgan fingerprint density at radius 3 is 2.74 bits per heavy atom. The van der Waals surface area contributed by atoms with E-state index >= 15 is 0 Å². The number of halogens is 1. The van der Waals surface area contributed by atoms with Gasteiger partial charge in [0, 0.05) is 19.3 Å². The van der Waals surface area contributed by atoms with Gasteiger partial charge in [0.1, 0.15) is 0 Å². The van der Waals surface area contributed by atoms with Crippen LogP contribution < -0.4 is 4.72 Å². The number of nitrogens with zero attached hydrogens (tertiary/aromatic N) is 1.